The molecule has 3 unspecified atom stereocenters. The lowest BCUT2D eigenvalue weighted by Crippen LogP contribution is -2.54. The van der Waals surface area contributed by atoms with Gasteiger partial charge in [0.1, 0.15) is 16.9 Å². The van der Waals surface area contributed by atoms with Gasteiger partial charge in [-0.25, -0.2) is 4.79 Å². The average Bonchev–Trinajstić information content (AvgIpc) is 3.29. The summed E-state index contributed by atoms with van der Waals surface area (Å²) in [5.74, 6) is 2.61. The SMILES string of the molecule is CC(C)c1ccc2c(c1)CCC1C(C)(C(N)=O)CCCC21C.COc1c(C(C)C)oc2cc3oc(=O)ccc3cc12. The van der Waals surface area contributed by atoms with Crippen molar-refractivity contribution in [2.24, 2.45) is 17.1 Å². The lowest BCUT2D eigenvalue weighted by molar-refractivity contribution is -0.135. The van der Waals surface area contributed by atoms with Crippen LogP contribution in [0.4, 0.5) is 0 Å². The third kappa shape index (κ3) is 4.96. The summed E-state index contributed by atoms with van der Waals surface area (Å²) in [6.45, 7) is 13.1. The zero-order chi connectivity index (χ0) is 29.7. The number of amides is 1. The van der Waals surface area contributed by atoms with Crippen LogP contribution in [-0.2, 0) is 16.6 Å². The van der Waals surface area contributed by atoms with Gasteiger partial charge in [0, 0.05) is 28.9 Å². The fraction of sp³-hybridized carbons (Fsp3) is 0.486. The molecule has 2 aliphatic rings. The average molecular weight is 558 g/mol. The Kier molecular flexibility index (Phi) is 7.56. The Morgan fingerprint density at radius 3 is 2.39 bits per heavy atom. The van der Waals surface area contributed by atoms with Gasteiger partial charge in [-0.05, 0) is 71.8 Å². The number of aryl methyl sites for hydroxylation is 1. The lowest BCUT2D eigenvalue weighted by atomic mass is 9.49. The molecule has 41 heavy (non-hydrogen) atoms. The van der Waals surface area contributed by atoms with Gasteiger partial charge in [0.15, 0.2) is 5.75 Å². The summed E-state index contributed by atoms with van der Waals surface area (Å²) in [6, 6.07) is 13.8. The summed E-state index contributed by atoms with van der Waals surface area (Å²) in [5.41, 5.74) is 10.8. The first-order valence-electron chi connectivity index (χ1n) is 14.9. The van der Waals surface area contributed by atoms with E-state index in [1.54, 1.807) is 19.2 Å². The molecule has 0 spiro atoms. The molecule has 2 aromatic heterocycles. The maximum Gasteiger partial charge on any atom is 0.336 e. The van der Waals surface area contributed by atoms with Crippen molar-refractivity contribution in [3.8, 4) is 5.75 Å². The van der Waals surface area contributed by atoms with Gasteiger partial charge in [0.05, 0.1) is 12.5 Å². The number of carbonyl (C=O) groups is 1. The van der Waals surface area contributed by atoms with Crippen LogP contribution in [0.1, 0.15) is 102 Å². The van der Waals surface area contributed by atoms with Gasteiger partial charge >= 0.3 is 5.63 Å². The molecule has 2 aromatic carbocycles. The molecular weight excluding hydrogens is 514 g/mol. The van der Waals surface area contributed by atoms with Crippen LogP contribution in [0.3, 0.4) is 0 Å². The number of ether oxygens (including phenoxy) is 1. The van der Waals surface area contributed by atoms with E-state index in [1.165, 1.54) is 29.2 Å². The zero-order valence-corrected chi connectivity index (χ0v) is 25.4. The zero-order valence-electron chi connectivity index (χ0n) is 25.4. The third-order valence-corrected chi connectivity index (χ3v) is 9.75. The van der Waals surface area contributed by atoms with Crippen LogP contribution in [0, 0.1) is 11.3 Å². The lowest BCUT2D eigenvalue weighted by Gasteiger charge is -2.54. The number of nitrogens with two attached hydrogens (primary N) is 1. The Morgan fingerprint density at radius 1 is 0.976 bits per heavy atom. The molecule has 6 nitrogen and oxygen atoms in total. The molecular formula is C35H43NO5. The number of fused-ring (bicyclic) bond motifs is 5. The monoisotopic (exact) mass is 557 g/mol. The minimum absolute atomic E-state index is 0.102. The molecule has 3 atom stereocenters. The van der Waals surface area contributed by atoms with E-state index in [9.17, 15) is 9.59 Å². The largest absolute Gasteiger partial charge is 0.492 e. The first-order chi connectivity index (χ1) is 19.4. The highest BCUT2D eigenvalue weighted by atomic mass is 16.5. The van der Waals surface area contributed by atoms with Crippen molar-refractivity contribution in [1.29, 1.82) is 0 Å². The number of hydrogen-bond donors (Lipinski definition) is 1. The first-order valence-corrected chi connectivity index (χ1v) is 14.9. The van der Waals surface area contributed by atoms with Crippen molar-refractivity contribution < 1.29 is 18.4 Å². The molecule has 0 aliphatic heterocycles. The molecule has 218 valence electrons. The first kappa shape index (κ1) is 29.0. The molecule has 4 aromatic rings. The minimum Gasteiger partial charge on any atom is -0.492 e. The number of primary amides is 1. The fourth-order valence-electron chi connectivity index (χ4n) is 7.41. The second-order valence-corrected chi connectivity index (χ2v) is 13.0. The van der Waals surface area contributed by atoms with Gasteiger partial charge in [-0.3, -0.25) is 4.79 Å². The van der Waals surface area contributed by atoms with Crippen LogP contribution < -0.4 is 16.1 Å². The van der Waals surface area contributed by atoms with Gasteiger partial charge in [-0.15, -0.1) is 0 Å². The summed E-state index contributed by atoms with van der Waals surface area (Å²) in [4.78, 5) is 23.4. The molecule has 2 heterocycles. The van der Waals surface area contributed by atoms with Crippen molar-refractivity contribution in [3.05, 3.63) is 75.3 Å². The van der Waals surface area contributed by atoms with Gasteiger partial charge in [0.2, 0.25) is 5.91 Å². The minimum atomic E-state index is -0.366. The van der Waals surface area contributed by atoms with Crippen molar-refractivity contribution >= 4 is 27.8 Å². The highest BCUT2D eigenvalue weighted by molar-refractivity contribution is 5.97. The summed E-state index contributed by atoms with van der Waals surface area (Å²) in [6.07, 6.45) is 5.39. The molecule has 6 rings (SSSR count). The topological polar surface area (TPSA) is 95.7 Å². The molecule has 0 bridgehead atoms. The van der Waals surface area contributed by atoms with E-state index >= 15 is 0 Å². The Bertz CT molecular complexity index is 1660. The third-order valence-electron chi connectivity index (χ3n) is 9.75. The molecule has 0 saturated heterocycles. The summed E-state index contributed by atoms with van der Waals surface area (Å²) in [7, 11) is 1.63. The number of furan rings is 1. The van der Waals surface area contributed by atoms with E-state index < -0.39 is 0 Å². The van der Waals surface area contributed by atoms with Crippen molar-refractivity contribution in [2.75, 3.05) is 7.11 Å². The fourth-order valence-corrected chi connectivity index (χ4v) is 7.41. The van der Waals surface area contributed by atoms with Crippen molar-refractivity contribution in [1.82, 2.24) is 0 Å². The van der Waals surface area contributed by atoms with Crippen LogP contribution in [0.2, 0.25) is 0 Å². The van der Waals surface area contributed by atoms with E-state index in [0.717, 1.165) is 48.0 Å². The van der Waals surface area contributed by atoms with Gasteiger partial charge in [-0.2, -0.15) is 0 Å². The predicted octanol–water partition coefficient (Wildman–Crippen LogP) is 7.98. The highest BCUT2D eigenvalue weighted by Gasteiger charge is 2.54. The van der Waals surface area contributed by atoms with E-state index in [-0.39, 0.29) is 28.3 Å². The van der Waals surface area contributed by atoms with Crippen molar-refractivity contribution in [3.63, 3.8) is 0 Å². The summed E-state index contributed by atoms with van der Waals surface area (Å²) in [5, 5.41) is 1.74. The van der Waals surface area contributed by atoms with E-state index in [4.69, 9.17) is 19.3 Å². The normalized spacial score (nSPS) is 23.7. The van der Waals surface area contributed by atoms with Gasteiger partial charge < -0.3 is 19.3 Å². The number of hydrogen-bond acceptors (Lipinski definition) is 5. The van der Waals surface area contributed by atoms with Crippen LogP contribution in [0.25, 0.3) is 21.9 Å². The van der Waals surface area contributed by atoms with E-state index in [2.05, 4.69) is 45.9 Å². The van der Waals surface area contributed by atoms with E-state index in [0.29, 0.717) is 23.0 Å². The number of benzene rings is 2. The standard InChI is InChI=1S/C20H29NO.C15H14O4/c1-13(2)14-6-8-16-15(12-14)7-9-17-19(16,3)10-5-11-20(17,4)18(21)22;1-8(2)14-15(17-3)10-6-9-4-5-13(16)18-11(9)7-12(10)19-14/h6,8,12-13,17H,5,7,9-11H2,1-4H3,(H2,21,22);4-8H,1-3H3. The molecule has 6 heteroatoms. The Labute approximate surface area is 242 Å². The van der Waals surface area contributed by atoms with Gasteiger partial charge in [-0.1, -0.05) is 66.2 Å². The maximum atomic E-state index is 12.2. The van der Waals surface area contributed by atoms with Gasteiger partial charge in [0.25, 0.3) is 0 Å². The van der Waals surface area contributed by atoms with Crippen molar-refractivity contribution in [2.45, 2.75) is 90.9 Å². The number of carbonyl (C=O) groups excluding carboxylic acids is 1. The Balaban J connectivity index is 0.000000166. The maximum absolute atomic E-state index is 12.2. The van der Waals surface area contributed by atoms with Crippen LogP contribution in [0.15, 0.2) is 56.1 Å². The molecule has 0 radical (unpaired) electrons. The molecule has 1 amide bonds. The summed E-state index contributed by atoms with van der Waals surface area (Å²) >= 11 is 0. The van der Waals surface area contributed by atoms with Crippen LogP contribution >= 0.6 is 0 Å². The summed E-state index contributed by atoms with van der Waals surface area (Å²) < 4.78 is 16.4. The second kappa shape index (κ2) is 10.7. The van der Waals surface area contributed by atoms with Crippen LogP contribution in [0.5, 0.6) is 5.75 Å². The second-order valence-electron chi connectivity index (χ2n) is 13.0. The molecule has 2 aliphatic carbocycles. The molecule has 1 fully saturated rings. The quantitative estimate of drug-likeness (QED) is 0.257. The predicted molar refractivity (Wildman–Crippen MR) is 164 cm³/mol. The Morgan fingerprint density at radius 2 is 1.73 bits per heavy atom. The van der Waals surface area contributed by atoms with Crippen LogP contribution in [-0.4, -0.2) is 13.0 Å². The Hall–Kier alpha value is -3.54. The smallest absolute Gasteiger partial charge is 0.336 e. The molecule has 2 N–H and O–H groups in total. The van der Waals surface area contributed by atoms with E-state index in [1.807, 2.05) is 19.9 Å². The molecule has 1 saturated carbocycles. The highest BCUT2D eigenvalue weighted by Crippen LogP contribution is 2.57. The number of methoxy groups -OCH3 is 1. The number of rotatable bonds is 4.